The molecule has 5 heteroatoms. The van der Waals surface area contributed by atoms with Crippen LogP contribution in [0.1, 0.15) is 43.4 Å². The molecule has 0 aliphatic carbocycles. The molecular formula is C24H33N3O2. The van der Waals surface area contributed by atoms with Crippen LogP contribution in [0, 0.1) is 0 Å². The van der Waals surface area contributed by atoms with E-state index in [-0.39, 0.29) is 24.9 Å². The predicted octanol–water partition coefficient (Wildman–Crippen LogP) is 3.60. The number of nitrogens with zero attached hydrogens (tertiary/aromatic N) is 1. The maximum Gasteiger partial charge on any atom is 0.238 e. The number of hydrogen-bond donors (Lipinski definition) is 2. The minimum absolute atomic E-state index is 0.0759. The lowest BCUT2D eigenvalue weighted by Gasteiger charge is -2.17. The third-order valence-electron chi connectivity index (χ3n) is 4.88. The molecule has 0 aliphatic heterocycles. The molecule has 0 saturated heterocycles. The summed E-state index contributed by atoms with van der Waals surface area (Å²) in [4.78, 5) is 26.1. The zero-order chi connectivity index (χ0) is 21.2. The summed E-state index contributed by atoms with van der Waals surface area (Å²) in [5, 5.41) is 5.86. The van der Waals surface area contributed by atoms with Gasteiger partial charge in [0.25, 0.3) is 0 Å². The maximum absolute atomic E-state index is 12.3. The van der Waals surface area contributed by atoms with E-state index in [4.69, 9.17) is 0 Å². The Bertz CT molecular complexity index is 800. The van der Waals surface area contributed by atoms with Gasteiger partial charge in [-0.1, -0.05) is 63.2 Å². The first-order chi connectivity index (χ1) is 13.9. The molecule has 0 bridgehead atoms. The zero-order valence-corrected chi connectivity index (χ0v) is 18.0. The highest BCUT2D eigenvalue weighted by Crippen LogP contribution is 2.15. The molecule has 2 rings (SSSR count). The molecule has 0 fully saturated rings. The van der Waals surface area contributed by atoms with Gasteiger partial charge in [-0.2, -0.15) is 0 Å². The topological polar surface area (TPSA) is 61.4 Å². The first kappa shape index (κ1) is 22.6. The summed E-state index contributed by atoms with van der Waals surface area (Å²) in [6.45, 7) is 7.35. The van der Waals surface area contributed by atoms with Crippen molar-refractivity contribution < 1.29 is 9.59 Å². The van der Waals surface area contributed by atoms with E-state index in [1.54, 1.807) is 11.9 Å². The molecular weight excluding hydrogens is 362 g/mol. The van der Waals surface area contributed by atoms with Crippen LogP contribution in [0.4, 0.5) is 5.69 Å². The lowest BCUT2D eigenvalue weighted by Crippen LogP contribution is -2.39. The van der Waals surface area contributed by atoms with Crippen molar-refractivity contribution in [2.24, 2.45) is 0 Å². The van der Waals surface area contributed by atoms with Crippen LogP contribution in [0.25, 0.3) is 0 Å². The Morgan fingerprint density at radius 1 is 0.966 bits per heavy atom. The zero-order valence-electron chi connectivity index (χ0n) is 18.0. The molecule has 0 aliphatic rings. The standard InChI is InChI=1S/C24H33N3O2/c1-5-20-8-6-7-9-22(20)26-24(29)17-27(4)16-23(28)25-15-14-19-10-12-21(13-11-19)18(2)3/h6-13,18H,5,14-17H2,1-4H3,(H,25,28)(H,26,29). The van der Waals surface area contributed by atoms with Gasteiger partial charge in [0.1, 0.15) is 0 Å². The smallest absolute Gasteiger partial charge is 0.238 e. The molecule has 0 unspecified atom stereocenters. The molecule has 2 aromatic rings. The number of para-hydroxylation sites is 1. The molecule has 0 saturated carbocycles. The van der Waals surface area contributed by atoms with E-state index >= 15 is 0 Å². The number of carbonyl (C=O) groups excluding carboxylic acids is 2. The molecule has 0 atom stereocenters. The van der Waals surface area contributed by atoms with Crippen molar-refractivity contribution in [2.45, 2.75) is 39.5 Å². The van der Waals surface area contributed by atoms with Gasteiger partial charge >= 0.3 is 0 Å². The first-order valence-corrected chi connectivity index (χ1v) is 10.3. The quantitative estimate of drug-likeness (QED) is 0.646. The second-order valence-electron chi connectivity index (χ2n) is 7.73. The van der Waals surface area contributed by atoms with Crippen molar-refractivity contribution >= 4 is 17.5 Å². The Morgan fingerprint density at radius 2 is 1.62 bits per heavy atom. The summed E-state index contributed by atoms with van der Waals surface area (Å²) >= 11 is 0. The average molecular weight is 396 g/mol. The monoisotopic (exact) mass is 395 g/mol. The van der Waals surface area contributed by atoms with Gasteiger partial charge < -0.3 is 10.6 Å². The van der Waals surface area contributed by atoms with Gasteiger partial charge in [-0.25, -0.2) is 0 Å². The van der Waals surface area contributed by atoms with Gasteiger partial charge in [-0.15, -0.1) is 0 Å². The van der Waals surface area contributed by atoms with E-state index in [1.807, 2.05) is 24.3 Å². The average Bonchev–Trinajstić information content (AvgIpc) is 2.68. The highest BCUT2D eigenvalue weighted by molar-refractivity contribution is 5.93. The normalized spacial score (nSPS) is 11.0. The highest BCUT2D eigenvalue weighted by atomic mass is 16.2. The van der Waals surface area contributed by atoms with Crippen molar-refractivity contribution in [1.82, 2.24) is 10.2 Å². The number of anilines is 1. The summed E-state index contributed by atoms with van der Waals surface area (Å²) in [6.07, 6.45) is 1.65. The second-order valence-corrected chi connectivity index (χ2v) is 7.73. The minimum atomic E-state index is -0.119. The van der Waals surface area contributed by atoms with Crippen molar-refractivity contribution in [2.75, 3.05) is 32.0 Å². The fourth-order valence-electron chi connectivity index (χ4n) is 3.16. The Labute approximate surface area is 174 Å². The Hall–Kier alpha value is -2.66. The SMILES string of the molecule is CCc1ccccc1NC(=O)CN(C)CC(=O)NCCc1ccc(C(C)C)cc1. The van der Waals surface area contributed by atoms with E-state index in [2.05, 4.69) is 55.7 Å². The first-order valence-electron chi connectivity index (χ1n) is 10.3. The van der Waals surface area contributed by atoms with E-state index in [0.29, 0.717) is 12.5 Å². The van der Waals surface area contributed by atoms with E-state index in [1.165, 1.54) is 11.1 Å². The molecule has 29 heavy (non-hydrogen) atoms. The van der Waals surface area contributed by atoms with Crippen molar-refractivity contribution in [3.05, 3.63) is 65.2 Å². The molecule has 0 radical (unpaired) electrons. The largest absolute Gasteiger partial charge is 0.355 e. The van der Waals surface area contributed by atoms with Crippen molar-refractivity contribution in [3.8, 4) is 0 Å². The van der Waals surface area contributed by atoms with E-state index in [0.717, 1.165) is 24.1 Å². The Morgan fingerprint density at radius 3 is 2.28 bits per heavy atom. The van der Waals surface area contributed by atoms with Crippen LogP contribution in [-0.2, 0) is 22.4 Å². The van der Waals surface area contributed by atoms with Crippen molar-refractivity contribution in [3.63, 3.8) is 0 Å². The van der Waals surface area contributed by atoms with Gasteiger partial charge in [0.05, 0.1) is 13.1 Å². The molecule has 2 aromatic carbocycles. The van der Waals surface area contributed by atoms with Gasteiger partial charge in [-0.05, 0) is 48.6 Å². The summed E-state index contributed by atoms with van der Waals surface area (Å²) in [6, 6.07) is 16.3. The van der Waals surface area contributed by atoms with Crippen LogP contribution >= 0.6 is 0 Å². The number of carbonyl (C=O) groups is 2. The fraction of sp³-hybridized carbons (Fsp3) is 0.417. The molecule has 156 valence electrons. The van der Waals surface area contributed by atoms with Gasteiger partial charge in [-0.3, -0.25) is 14.5 Å². The third-order valence-corrected chi connectivity index (χ3v) is 4.88. The number of rotatable bonds is 10. The summed E-state index contributed by atoms with van der Waals surface area (Å²) in [5.41, 5.74) is 4.46. The summed E-state index contributed by atoms with van der Waals surface area (Å²) in [5.74, 6) is 0.325. The Balaban J connectivity index is 1.70. The summed E-state index contributed by atoms with van der Waals surface area (Å²) in [7, 11) is 1.77. The highest BCUT2D eigenvalue weighted by Gasteiger charge is 2.12. The van der Waals surface area contributed by atoms with Crippen molar-refractivity contribution in [1.29, 1.82) is 0 Å². The number of likely N-dealkylation sites (N-methyl/N-ethyl adjacent to an activating group) is 1. The van der Waals surface area contributed by atoms with Crippen LogP contribution in [0.2, 0.25) is 0 Å². The predicted molar refractivity (Wildman–Crippen MR) is 119 cm³/mol. The van der Waals surface area contributed by atoms with Crippen LogP contribution < -0.4 is 10.6 Å². The number of aryl methyl sites for hydroxylation is 1. The number of nitrogens with one attached hydrogen (secondary N) is 2. The van der Waals surface area contributed by atoms with Crippen LogP contribution in [-0.4, -0.2) is 43.4 Å². The van der Waals surface area contributed by atoms with Crippen LogP contribution in [0.5, 0.6) is 0 Å². The fourth-order valence-corrected chi connectivity index (χ4v) is 3.16. The van der Waals surface area contributed by atoms with Gasteiger partial charge in [0.15, 0.2) is 0 Å². The van der Waals surface area contributed by atoms with Crippen LogP contribution in [0.15, 0.2) is 48.5 Å². The van der Waals surface area contributed by atoms with Gasteiger partial charge in [0, 0.05) is 12.2 Å². The second kappa shape index (κ2) is 11.4. The van der Waals surface area contributed by atoms with Crippen LogP contribution in [0.3, 0.4) is 0 Å². The summed E-state index contributed by atoms with van der Waals surface area (Å²) < 4.78 is 0. The number of hydrogen-bond acceptors (Lipinski definition) is 3. The lowest BCUT2D eigenvalue weighted by atomic mass is 10.0. The third kappa shape index (κ3) is 7.70. The molecule has 0 spiro atoms. The molecule has 2 amide bonds. The molecule has 0 heterocycles. The lowest BCUT2D eigenvalue weighted by molar-refractivity contribution is -0.122. The van der Waals surface area contributed by atoms with E-state index in [9.17, 15) is 9.59 Å². The minimum Gasteiger partial charge on any atom is -0.355 e. The Kier molecular flexibility index (Phi) is 8.87. The molecule has 2 N–H and O–H groups in total. The molecule has 0 aromatic heterocycles. The van der Waals surface area contributed by atoms with E-state index < -0.39 is 0 Å². The van der Waals surface area contributed by atoms with Gasteiger partial charge in [0.2, 0.25) is 11.8 Å². The number of benzene rings is 2. The molecule has 5 nitrogen and oxygen atoms in total. The maximum atomic E-state index is 12.3. The number of amides is 2.